The molecule has 6 heteroatoms. The number of nitrogens with two attached hydrogens (primary N) is 1. The maximum atomic E-state index is 12.1. The molecule has 22 heavy (non-hydrogen) atoms. The van der Waals surface area contributed by atoms with Gasteiger partial charge >= 0.3 is 0 Å². The average Bonchev–Trinajstić information content (AvgIpc) is 2.49. The quantitative estimate of drug-likeness (QED) is 0.776. The zero-order valence-corrected chi connectivity index (χ0v) is 13.9. The Morgan fingerprint density at radius 2 is 1.73 bits per heavy atom. The third kappa shape index (κ3) is 4.95. The topological polar surface area (TPSA) is 78.7 Å². The van der Waals surface area contributed by atoms with E-state index in [0.29, 0.717) is 25.7 Å². The van der Waals surface area contributed by atoms with Crippen LogP contribution in [0.2, 0.25) is 0 Å². The number of amides is 2. The second-order valence-corrected chi connectivity index (χ2v) is 6.91. The highest BCUT2D eigenvalue weighted by Crippen LogP contribution is 2.23. The minimum absolute atomic E-state index is 0.000395. The summed E-state index contributed by atoms with van der Waals surface area (Å²) in [5, 5.41) is 3.16. The summed E-state index contributed by atoms with van der Waals surface area (Å²) in [6.07, 6.45) is 4.62. The molecule has 0 aromatic heterocycles. The first-order valence-corrected chi connectivity index (χ1v) is 8.51. The predicted molar refractivity (Wildman–Crippen MR) is 86.2 cm³/mol. The van der Waals surface area contributed by atoms with Crippen LogP contribution in [0.25, 0.3) is 0 Å². The van der Waals surface area contributed by atoms with Gasteiger partial charge in [0.25, 0.3) is 0 Å². The van der Waals surface area contributed by atoms with Crippen LogP contribution in [0, 0.1) is 5.92 Å². The van der Waals surface area contributed by atoms with Crippen molar-refractivity contribution in [3.05, 3.63) is 0 Å². The van der Waals surface area contributed by atoms with E-state index in [1.807, 2.05) is 0 Å². The van der Waals surface area contributed by atoms with Gasteiger partial charge in [0.15, 0.2) is 0 Å². The number of carbonyl (C=O) groups is 2. The van der Waals surface area contributed by atoms with Gasteiger partial charge in [-0.25, -0.2) is 0 Å². The van der Waals surface area contributed by atoms with Crippen LogP contribution in [-0.2, 0) is 9.59 Å². The Morgan fingerprint density at radius 3 is 2.27 bits per heavy atom. The van der Waals surface area contributed by atoms with Crippen LogP contribution in [0.5, 0.6) is 0 Å². The molecule has 2 aliphatic rings. The van der Waals surface area contributed by atoms with E-state index in [4.69, 9.17) is 5.73 Å². The van der Waals surface area contributed by atoms with Crippen molar-refractivity contribution in [1.29, 1.82) is 0 Å². The fraction of sp³-hybridized carbons (Fsp3) is 0.875. The highest BCUT2D eigenvalue weighted by molar-refractivity contribution is 5.81. The summed E-state index contributed by atoms with van der Waals surface area (Å²) in [4.78, 5) is 27.9. The molecular formula is C16H30N4O2. The van der Waals surface area contributed by atoms with Crippen molar-refractivity contribution in [3.8, 4) is 0 Å². The van der Waals surface area contributed by atoms with Crippen molar-refractivity contribution in [2.24, 2.45) is 11.7 Å². The fourth-order valence-corrected chi connectivity index (χ4v) is 3.30. The monoisotopic (exact) mass is 310 g/mol. The van der Waals surface area contributed by atoms with E-state index >= 15 is 0 Å². The number of carbonyl (C=O) groups excluding carboxylic acids is 2. The molecule has 2 fully saturated rings. The van der Waals surface area contributed by atoms with Crippen LogP contribution >= 0.6 is 0 Å². The average molecular weight is 310 g/mol. The van der Waals surface area contributed by atoms with Gasteiger partial charge in [-0.1, -0.05) is 6.92 Å². The Hall–Kier alpha value is -1.14. The van der Waals surface area contributed by atoms with Crippen molar-refractivity contribution < 1.29 is 9.59 Å². The molecule has 1 heterocycles. The normalized spacial score (nSPS) is 28.2. The fourth-order valence-electron chi connectivity index (χ4n) is 3.30. The van der Waals surface area contributed by atoms with Gasteiger partial charge in [0.05, 0.1) is 12.6 Å². The first kappa shape index (κ1) is 17.2. The lowest BCUT2D eigenvalue weighted by atomic mass is 9.87. The van der Waals surface area contributed by atoms with Crippen molar-refractivity contribution in [2.75, 3.05) is 32.7 Å². The Morgan fingerprint density at radius 1 is 1.14 bits per heavy atom. The number of piperazine rings is 1. The second-order valence-electron chi connectivity index (χ2n) is 6.91. The van der Waals surface area contributed by atoms with Crippen LogP contribution in [-0.4, -0.2) is 66.4 Å². The predicted octanol–water partition coefficient (Wildman–Crippen LogP) is 0.173. The number of hydrogen-bond acceptors (Lipinski definition) is 4. The summed E-state index contributed by atoms with van der Waals surface area (Å²) in [5.41, 5.74) is 5.63. The smallest absolute Gasteiger partial charge is 0.239 e. The molecule has 126 valence electrons. The molecular weight excluding hydrogens is 280 g/mol. The van der Waals surface area contributed by atoms with Crippen molar-refractivity contribution >= 4 is 11.8 Å². The first-order valence-electron chi connectivity index (χ1n) is 8.51. The summed E-state index contributed by atoms with van der Waals surface area (Å²) in [7, 11) is 0. The van der Waals surface area contributed by atoms with Gasteiger partial charge in [-0.2, -0.15) is 0 Å². The summed E-state index contributed by atoms with van der Waals surface area (Å²) in [5.74, 6) is 0.913. The van der Waals surface area contributed by atoms with Gasteiger partial charge in [-0.05, 0) is 38.5 Å². The molecule has 2 amide bonds. The van der Waals surface area contributed by atoms with Gasteiger partial charge in [0.2, 0.25) is 11.8 Å². The van der Waals surface area contributed by atoms with Crippen LogP contribution in [0.3, 0.4) is 0 Å². The Labute approximate surface area is 133 Å². The molecule has 0 aromatic carbocycles. The molecule has 1 saturated heterocycles. The van der Waals surface area contributed by atoms with E-state index in [0.717, 1.165) is 31.8 Å². The SMILES string of the molecule is CC1CCC(NC(=O)CN2CCN(C(=O)C(C)N)CC2)CC1. The van der Waals surface area contributed by atoms with E-state index in [2.05, 4.69) is 17.1 Å². The Balaban J connectivity index is 1.67. The summed E-state index contributed by atoms with van der Waals surface area (Å²) in [6, 6.07) is -0.0896. The molecule has 1 atom stereocenters. The molecule has 1 unspecified atom stereocenters. The molecule has 0 bridgehead atoms. The number of hydrogen-bond donors (Lipinski definition) is 2. The summed E-state index contributed by atoms with van der Waals surface area (Å²) >= 11 is 0. The molecule has 3 N–H and O–H groups in total. The Bertz CT molecular complexity index is 384. The number of rotatable bonds is 4. The number of nitrogens with one attached hydrogen (secondary N) is 1. The zero-order chi connectivity index (χ0) is 16.1. The highest BCUT2D eigenvalue weighted by Gasteiger charge is 2.25. The van der Waals surface area contributed by atoms with Gasteiger partial charge in [0.1, 0.15) is 0 Å². The lowest BCUT2D eigenvalue weighted by Crippen LogP contribution is -2.54. The van der Waals surface area contributed by atoms with Crippen molar-refractivity contribution in [3.63, 3.8) is 0 Å². The molecule has 0 spiro atoms. The van der Waals surface area contributed by atoms with E-state index in [-0.39, 0.29) is 11.8 Å². The molecule has 1 saturated carbocycles. The zero-order valence-electron chi connectivity index (χ0n) is 13.9. The minimum Gasteiger partial charge on any atom is -0.352 e. The van der Waals surface area contributed by atoms with Crippen molar-refractivity contribution in [1.82, 2.24) is 15.1 Å². The molecule has 0 radical (unpaired) electrons. The Kier molecular flexibility index (Phi) is 6.20. The maximum absolute atomic E-state index is 12.1. The molecule has 6 nitrogen and oxygen atoms in total. The standard InChI is InChI=1S/C16H30N4O2/c1-12-3-5-14(6-4-12)18-15(21)11-19-7-9-20(10-8-19)16(22)13(2)17/h12-14H,3-11,17H2,1-2H3,(H,18,21). The summed E-state index contributed by atoms with van der Waals surface area (Å²) < 4.78 is 0. The molecule has 1 aliphatic carbocycles. The lowest BCUT2D eigenvalue weighted by molar-refractivity contribution is -0.134. The van der Waals surface area contributed by atoms with Crippen LogP contribution < -0.4 is 11.1 Å². The van der Waals surface area contributed by atoms with E-state index in [9.17, 15) is 9.59 Å². The van der Waals surface area contributed by atoms with Crippen LogP contribution in [0.4, 0.5) is 0 Å². The van der Waals surface area contributed by atoms with Crippen molar-refractivity contribution in [2.45, 2.75) is 51.6 Å². The molecule has 0 aromatic rings. The van der Waals surface area contributed by atoms with Crippen LogP contribution in [0.1, 0.15) is 39.5 Å². The molecule has 1 aliphatic heterocycles. The summed E-state index contributed by atoms with van der Waals surface area (Å²) in [6.45, 7) is 7.24. The third-order valence-electron chi connectivity index (χ3n) is 4.82. The molecule has 2 rings (SSSR count). The number of nitrogens with zero attached hydrogens (tertiary/aromatic N) is 2. The van der Waals surface area contributed by atoms with E-state index in [1.165, 1.54) is 12.8 Å². The van der Waals surface area contributed by atoms with E-state index in [1.54, 1.807) is 11.8 Å². The maximum Gasteiger partial charge on any atom is 0.239 e. The largest absolute Gasteiger partial charge is 0.352 e. The second kappa shape index (κ2) is 7.92. The lowest BCUT2D eigenvalue weighted by Gasteiger charge is -2.35. The highest BCUT2D eigenvalue weighted by atomic mass is 16.2. The van der Waals surface area contributed by atoms with Gasteiger partial charge < -0.3 is 16.0 Å². The van der Waals surface area contributed by atoms with Gasteiger partial charge in [0, 0.05) is 32.2 Å². The van der Waals surface area contributed by atoms with E-state index < -0.39 is 6.04 Å². The van der Waals surface area contributed by atoms with Gasteiger partial charge in [-0.3, -0.25) is 14.5 Å². The van der Waals surface area contributed by atoms with Gasteiger partial charge in [-0.15, -0.1) is 0 Å². The first-order chi connectivity index (χ1) is 10.5. The third-order valence-corrected chi connectivity index (χ3v) is 4.82. The minimum atomic E-state index is -0.441. The van der Waals surface area contributed by atoms with Crippen LogP contribution in [0.15, 0.2) is 0 Å².